The van der Waals surface area contributed by atoms with Crippen molar-refractivity contribution >= 4 is 29.1 Å². The molecule has 0 aliphatic carbocycles. The van der Waals surface area contributed by atoms with Gasteiger partial charge in [-0.05, 0) is 30.3 Å². The van der Waals surface area contributed by atoms with Crippen LogP contribution in [0.2, 0.25) is 5.02 Å². The van der Waals surface area contributed by atoms with E-state index in [2.05, 4.69) is 10.3 Å². The number of hydrogen-bond donors (Lipinski definition) is 2. The largest absolute Gasteiger partial charge is 0.506 e. The van der Waals surface area contributed by atoms with Gasteiger partial charge in [0.1, 0.15) is 5.75 Å². The Balaban J connectivity index is 1.64. The van der Waals surface area contributed by atoms with Crippen LogP contribution in [0.5, 0.6) is 5.75 Å². The molecule has 1 fully saturated rings. The van der Waals surface area contributed by atoms with Crippen LogP contribution >= 0.6 is 11.6 Å². The van der Waals surface area contributed by atoms with E-state index in [9.17, 15) is 14.7 Å². The van der Waals surface area contributed by atoms with Crippen molar-refractivity contribution in [1.29, 1.82) is 0 Å². The Morgan fingerprint density at radius 2 is 2.21 bits per heavy atom. The molecule has 2 heterocycles. The Kier molecular flexibility index (Phi) is 4.66. The van der Waals surface area contributed by atoms with E-state index in [4.69, 9.17) is 11.6 Å². The Bertz CT molecular complexity index is 767. The summed E-state index contributed by atoms with van der Waals surface area (Å²) in [5.74, 6) is -0.942. The lowest BCUT2D eigenvalue weighted by Gasteiger charge is -2.16. The van der Waals surface area contributed by atoms with E-state index in [-0.39, 0.29) is 29.7 Å². The summed E-state index contributed by atoms with van der Waals surface area (Å²) in [7, 11) is 0. The quantitative estimate of drug-likeness (QED) is 0.834. The first kappa shape index (κ1) is 16.3. The van der Waals surface area contributed by atoms with Crippen LogP contribution in [0.3, 0.4) is 0 Å². The lowest BCUT2D eigenvalue weighted by atomic mass is 10.1. The van der Waals surface area contributed by atoms with Crippen LogP contribution in [-0.2, 0) is 16.1 Å². The van der Waals surface area contributed by atoms with E-state index < -0.39 is 5.92 Å². The minimum atomic E-state index is -0.473. The lowest BCUT2D eigenvalue weighted by molar-refractivity contribution is -0.128. The van der Waals surface area contributed by atoms with Crippen molar-refractivity contribution in [2.24, 2.45) is 5.92 Å². The average Bonchev–Trinajstić information content (AvgIpc) is 2.93. The first-order valence-corrected chi connectivity index (χ1v) is 7.88. The second-order valence-corrected chi connectivity index (χ2v) is 6.08. The molecule has 1 atom stereocenters. The van der Waals surface area contributed by atoms with E-state index in [1.54, 1.807) is 11.1 Å². The zero-order chi connectivity index (χ0) is 17.1. The SMILES string of the molecule is O=C(Nc1cc(Cl)ccc1O)[C@@H]1CC(=O)N(Cc2ccccn2)C1. The molecule has 2 N–H and O–H groups in total. The van der Waals surface area contributed by atoms with Gasteiger partial charge in [-0.3, -0.25) is 14.6 Å². The Hall–Kier alpha value is -2.60. The number of nitrogens with one attached hydrogen (secondary N) is 1. The van der Waals surface area contributed by atoms with Crippen LogP contribution in [-0.4, -0.2) is 33.3 Å². The summed E-state index contributed by atoms with van der Waals surface area (Å²) >= 11 is 5.86. The normalized spacial score (nSPS) is 17.1. The average molecular weight is 346 g/mol. The molecule has 1 aliphatic rings. The highest BCUT2D eigenvalue weighted by Crippen LogP contribution is 2.28. The summed E-state index contributed by atoms with van der Waals surface area (Å²) in [6.45, 7) is 0.703. The van der Waals surface area contributed by atoms with Gasteiger partial charge in [-0.15, -0.1) is 0 Å². The molecule has 24 heavy (non-hydrogen) atoms. The molecule has 6 nitrogen and oxygen atoms in total. The van der Waals surface area contributed by atoms with Crippen LogP contribution in [0.15, 0.2) is 42.6 Å². The van der Waals surface area contributed by atoms with Gasteiger partial charge in [-0.1, -0.05) is 17.7 Å². The number of aromatic nitrogens is 1. The summed E-state index contributed by atoms with van der Waals surface area (Å²) in [6, 6.07) is 9.91. The number of aromatic hydroxyl groups is 1. The number of pyridine rings is 1. The third kappa shape index (κ3) is 3.65. The van der Waals surface area contributed by atoms with Crippen molar-refractivity contribution in [3.63, 3.8) is 0 Å². The van der Waals surface area contributed by atoms with E-state index in [0.29, 0.717) is 18.1 Å². The lowest BCUT2D eigenvalue weighted by Crippen LogP contribution is -2.28. The molecule has 7 heteroatoms. The maximum absolute atomic E-state index is 12.4. The second-order valence-electron chi connectivity index (χ2n) is 5.65. The van der Waals surface area contributed by atoms with E-state index in [1.165, 1.54) is 18.2 Å². The van der Waals surface area contributed by atoms with Crippen LogP contribution in [0.1, 0.15) is 12.1 Å². The predicted octanol–water partition coefficient (Wildman–Crippen LogP) is 2.43. The number of benzene rings is 1. The molecule has 2 aromatic rings. The fourth-order valence-corrected chi connectivity index (χ4v) is 2.80. The molecule has 0 spiro atoms. The van der Waals surface area contributed by atoms with Gasteiger partial charge in [-0.25, -0.2) is 0 Å². The number of rotatable bonds is 4. The fourth-order valence-electron chi connectivity index (χ4n) is 2.63. The standard InChI is InChI=1S/C17H16ClN3O3/c18-12-4-5-15(22)14(8-12)20-17(24)11-7-16(23)21(9-11)10-13-3-1-2-6-19-13/h1-6,8,11,22H,7,9-10H2,(H,20,24)/t11-/m1/s1. The molecule has 0 bridgehead atoms. The number of amides is 2. The van der Waals surface area contributed by atoms with Crippen molar-refractivity contribution in [1.82, 2.24) is 9.88 Å². The zero-order valence-corrected chi connectivity index (χ0v) is 13.5. The monoisotopic (exact) mass is 345 g/mol. The van der Waals surface area contributed by atoms with Gasteiger partial charge in [0, 0.05) is 24.2 Å². The van der Waals surface area contributed by atoms with Crippen LogP contribution in [0.4, 0.5) is 5.69 Å². The molecule has 0 unspecified atom stereocenters. The molecule has 1 aromatic heterocycles. The van der Waals surface area contributed by atoms with E-state index in [0.717, 1.165) is 5.69 Å². The van der Waals surface area contributed by atoms with Crippen molar-refractivity contribution in [3.05, 3.63) is 53.3 Å². The highest BCUT2D eigenvalue weighted by atomic mass is 35.5. The molecular formula is C17H16ClN3O3. The third-order valence-electron chi connectivity index (χ3n) is 3.88. The topological polar surface area (TPSA) is 82.5 Å². The van der Waals surface area contributed by atoms with Gasteiger partial charge in [0.2, 0.25) is 11.8 Å². The van der Waals surface area contributed by atoms with Crippen molar-refractivity contribution < 1.29 is 14.7 Å². The molecular weight excluding hydrogens is 330 g/mol. The van der Waals surface area contributed by atoms with E-state index in [1.807, 2.05) is 18.2 Å². The minimum absolute atomic E-state index is 0.0672. The molecule has 3 rings (SSSR count). The molecule has 1 saturated heterocycles. The first-order valence-electron chi connectivity index (χ1n) is 7.50. The molecule has 1 aliphatic heterocycles. The summed E-state index contributed by atoms with van der Waals surface area (Å²) in [5.41, 5.74) is 1.02. The Morgan fingerprint density at radius 1 is 1.38 bits per heavy atom. The van der Waals surface area contributed by atoms with E-state index >= 15 is 0 Å². The number of anilines is 1. The van der Waals surface area contributed by atoms with Crippen molar-refractivity contribution in [3.8, 4) is 5.75 Å². The molecule has 1 aromatic carbocycles. The Labute approximate surface area is 144 Å². The number of phenols is 1. The number of hydrogen-bond acceptors (Lipinski definition) is 4. The summed E-state index contributed by atoms with van der Waals surface area (Å²) in [4.78, 5) is 30.3. The third-order valence-corrected chi connectivity index (χ3v) is 4.12. The van der Waals surface area contributed by atoms with Gasteiger partial charge in [-0.2, -0.15) is 0 Å². The number of nitrogens with zero attached hydrogens (tertiary/aromatic N) is 2. The number of halogens is 1. The van der Waals surface area contributed by atoms with Crippen LogP contribution in [0.25, 0.3) is 0 Å². The van der Waals surface area contributed by atoms with Gasteiger partial charge < -0.3 is 15.3 Å². The maximum atomic E-state index is 12.4. The summed E-state index contributed by atoms with van der Waals surface area (Å²) in [5, 5.41) is 12.8. The van der Waals surface area contributed by atoms with Gasteiger partial charge in [0.15, 0.2) is 0 Å². The first-order chi connectivity index (χ1) is 11.5. The highest BCUT2D eigenvalue weighted by molar-refractivity contribution is 6.31. The molecule has 0 saturated carbocycles. The molecule has 124 valence electrons. The fraction of sp³-hybridized carbons (Fsp3) is 0.235. The van der Waals surface area contributed by atoms with Gasteiger partial charge in [0.05, 0.1) is 23.8 Å². The number of carbonyl (C=O) groups excluding carboxylic acids is 2. The number of phenolic OH excluding ortho intramolecular Hbond substituents is 1. The highest BCUT2D eigenvalue weighted by Gasteiger charge is 2.34. The van der Waals surface area contributed by atoms with Crippen molar-refractivity contribution in [2.45, 2.75) is 13.0 Å². The molecule has 2 amide bonds. The Morgan fingerprint density at radius 3 is 2.96 bits per heavy atom. The van der Waals surface area contributed by atoms with Gasteiger partial charge >= 0.3 is 0 Å². The minimum Gasteiger partial charge on any atom is -0.506 e. The van der Waals surface area contributed by atoms with Crippen LogP contribution in [0, 0.1) is 5.92 Å². The second kappa shape index (κ2) is 6.88. The van der Waals surface area contributed by atoms with Crippen molar-refractivity contribution in [2.75, 3.05) is 11.9 Å². The smallest absolute Gasteiger partial charge is 0.229 e. The van der Waals surface area contributed by atoms with Crippen LogP contribution < -0.4 is 5.32 Å². The zero-order valence-electron chi connectivity index (χ0n) is 12.8. The summed E-state index contributed by atoms with van der Waals surface area (Å²) < 4.78 is 0. The summed E-state index contributed by atoms with van der Waals surface area (Å²) in [6.07, 6.45) is 1.81. The number of carbonyl (C=O) groups is 2. The predicted molar refractivity (Wildman–Crippen MR) is 89.5 cm³/mol. The molecule has 0 radical (unpaired) electrons. The van der Waals surface area contributed by atoms with Gasteiger partial charge in [0.25, 0.3) is 0 Å². The number of likely N-dealkylation sites (tertiary alicyclic amines) is 1. The maximum Gasteiger partial charge on any atom is 0.229 e.